The standard InChI is InChI=1S/C12H13FN2S/c1-14-6-5-12-15-8-11(16-12)9-3-2-4-10(13)7-9/h2-4,7-8,14H,5-6H2,1H3. The summed E-state index contributed by atoms with van der Waals surface area (Å²) in [6.07, 6.45) is 2.72. The van der Waals surface area contributed by atoms with E-state index in [9.17, 15) is 4.39 Å². The molecule has 0 aliphatic carbocycles. The topological polar surface area (TPSA) is 24.9 Å². The number of benzene rings is 1. The first kappa shape index (κ1) is 11.2. The first-order valence-electron chi connectivity index (χ1n) is 5.15. The van der Waals surface area contributed by atoms with Crippen LogP contribution in [0.1, 0.15) is 5.01 Å². The minimum atomic E-state index is -0.206. The monoisotopic (exact) mass is 236 g/mol. The first-order chi connectivity index (χ1) is 7.79. The fourth-order valence-electron chi connectivity index (χ4n) is 1.43. The highest BCUT2D eigenvalue weighted by molar-refractivity contribution is 7.15. The summed E-state index contributed by atoms with van der Waals surface area (Å²) >= 11 is 1.62. The number of likely N-dealkylation sites (N-methyl/N-ethyl adjacent to an activating group) is 1. The van der Waals surface area contributed by atoms with E-state index in [1.54, 1.807) is 17.4 Å². The Morgan fingerprint density at radius 1 is 1.44 bits per heavy atom. The Balaban J connectivity index is 2.18. The molecule has 1 aromatic heterocycles. The van der Waals surface area contributed by atoms with Crippen molar-refractivity contribution in [2.75, 3.05) is 13.6 Å². The van der Waals surface area contributed by atoms with Crippen molar-refractivity contribution in [3.05, 3.63) is 41.3 Å². The summed E-state index contributed by atoms with van der Waals surface area (Å²) in [7, 11) is 1.92. The van der Waals surface area contributed by atoms with Crippen molar-refractivity contribution in [2.24, 2.45) is 0 Å². The van der Waals surface area contributed by atoms with E-state index in [1.807, 2.05) is 19.3 Å². The zero-order chi connectivity index (χ0) is 11.4. The van der Waals surface area contributed by atoms with Gasteiger partial charge in [0.25, 0.3) is 0 Å². The van der Waals surface area contributed by atoms with Crippen molar-refractivity contribution in [1.82, 2.24) is 10.3 Å². The van der Waals surface area contributed by atoms with Crippen molar-refractivity contribution >= 4 is 11.3 Å². The van der Waals surface area contributed by atoms with Gasteiger partial charge in [0.2, 0.25) is 0 Å². The summed E-state index contributed by atoms with van der Waals surface area (Å²) in [5.41, 5.74) is 0.896. The second kappa shape index (κ2) is 5.18. The molecule has 1 aromatic carbocycles. The number of hydrogen-bond donors (Lipinski definition) is 1. The van der Waals surface area contributed by atoms with Crippen molar-refractivity contribution < 1.29 is 4.39 Å². The van der Waals surface area contributed by atoms with E-state index in [1.165, 1.54) is 12.1 Å². The number of aromatic nitrogens is 1. The van der Waals surface area contributed by atoms with Crippen LogP contribution >= 0.6 is 11.3 Å². The van der Waals surface area contributed by atoms with Crippen LogP contribution in [0, 0.1) is 5.82 Å². The third-order valence-corrected chi connectivity index (χ3v) is 3.36. The molecule has 0 amide bonds. The zero-order valence-corrected chi connectivity index (χ0v) is 9.85. The first-order valence-corrected chi connectivity index (χ1v) is 5.96. The smallest absolute Gasteiger partial charge is 0.123 e. The molecule has 0 radical (unpaired) electrons. The number of rotatable bonds is 4. The van der Waals surface area contributed by atoms with Crippen molar-refractivity contribution in [1.29, 1.82) is 0 Å². The van der Waals surface area contributed by atoms with Gasteiger partial charge in [-0.2, -0.15) is 0 Å². The average Bonchev–Trinajstić information content (AvgIpc) is 2.75. The van der Waals surface area contributed by atoms with Crippen molar-refractivity contribution in [3.8, 4) is 10.4 Å². The molecule has 0 fully saturated rings. The molecule has 0 unspecified atom stereocenters. The summed E-state index contributed by atoms with van der Waals surface area (Å²) in [6, 6.07) is 6.61. The summed E-state index contributed by atoms with van der Waals surface area (Å²) in [5, 5.41) is 4.16. The molecule has 0 aliphatic heterocycles. The number of nitrogens with zero attached hydrogens (tertiary/aromatic N) is 1. The lowest BCUT2D eigenvalue weighted by Gasteiger charge is -1.96. The van der Waals surface area contributed by atoms with Gasteiger partial charge in [-0.25, -0.2) is 9.37 Å². The number of hydrogen-bond acceptors (Lipinski definition) is 3. The van der Waals surface area contributed by atoms with Crippen molar-refractivity contribution in [3.63, 3.8) is 0 Å². The maximum absolute atomic E-state index is 13.0. The quantitative estimate of drug-likeness (QED) is 0.883. The van der Waals surface area contributed by atoms with Gasteiger partial charge >= 0.3 is 0 Å². The fourth-order valence-corrected chi connectivity index (χ4v) is 2.35. The van der Waals surface area contributed by atoms with E-state index in [0.29, 0.717) is 0 Å². The molecule has 1 N–H and O–H groups in total. The van der Waals surface area contributed by atoms with Crippen LogP contribution in [-0.4, -0.2) is 18.6 Å². The molecule has 1 heterocycles. The molecule has 0 atom stereocenters. The van der Waals surface area contributed by atoms with Gasteiger partial charge in [0.1, 0.15) is 5.82 Å². The van der Waals surface area contributed by atoms with E-state index in [2.05, 4.69) is 10.3 Å². The molecule has 2 nitrogen and oxygen atoms in total. The lowest BCUT2D eigenvalue weighted by atomic mass is 10.2. The summed E-state index contributed by atoms with van der Waals surface area (Å²) < 4.78 is 13.0. The van der Waals surface area contributed by atoms with Gasteiger partial charge in [-0.1, -0.05) is 12.1 Å². The SMILES string of the molecule is CNCCc1ncc(-c2cccc(F)c2)s1. The van der Waals surface area contributed by atoms with Gasteiger partial charge < -0.3 is 5.32 Å². The lowest BCUT2D eigenvalue weighted by Crippen LogP contribution is -2.09. The van der Waals surface area contributed by atoms with Gasteiger partial charge in [-0.15, -0.1) is 11.3 Å². The summed E-state index contributed by atoms with van der Waals surface area (Å²) in [5.74, 6) is -0.206. The van der Waals surface area contributed by atoms with E-state index < -0.39 is 0 Å². The van der Waals surface area contributed by atoms with Crippen LogP contribution in [0.5, 0.6) is 0 Å². The van der Waals surface area contributed by atoms with Crippen LogP contribution in [0.3, 0.4) is 0 Å². The molecule has 0 aliphatic rings. The third kappa shape index (κ3) is 2.65. The Bertz CT molecular complexity index is 468. The van der Waals surface area contributed by atoms with E-state index in [4.69, 9.17) is 0 Å². The zero-order valence-electron chi connectivity index (χ0n) is 9.03. The molecule has 0 spiro atoms. The molecule has 2 rings (SSSR count). The Morgan fingerprint density at radius 3 is 3.06 bits per heavy atom. The van der Waals surface area contributed by atoms with Crippen LogP contribution in [0.25, 0.3) is 10.4 Å². The molecule has 0 saturated carbocycles. The largest absolute Gasteiger partial charge is 0.319 e. The van der Waals surface area contributed by atoms with E-state index in [-0.39, 0.29) is 5.82 Å². The van der Waals surface area contributed by atoms with Gasteiger partial charge in [-0.3, -0.25) is 0 Å². The van der Waals surface area contributed by atoms with Crippen LogP contribution in [-0.2, 0) is 6.42 Å². The summed E-state index contributed by atoms with van der Waals surface area (Å²) in [4.78, 5) is 5.33. The number of nitrogens with one attached hydrogen (secondary N) is 1. The van der Waals surface area contributed by atoms with E-state index >= 15 is 0 Å². The molecule has 84 valence electrons. The number of thiazole rings is 1. The van der Waals surface area contributed by atoms with Crippen LogP contribution in [0.15, 0.2) is 30.5 Å². The molecule has 0 saturated heterocycles. The van der Waals surface area contributed by atoms with Gasteiger partial charge in [0.05, 0.1) is 9.88 Å². The Kier molecular flexibility index (Phi) is 3.64. The second-order valence-electron chi connectivity index (χ2n) is 3.48. The predicted molar refractivity (Wildman–Crippen MR) is 65.1 cm³/mol. The third-order valence-electron chi connectivity index (χ3n) is 2.25. The van der Waals surface area contributed by atoms with E-state index in [0.717, 1.165) is 28.4 Å². The number of halogens is 1. The minimum absolute atomic E-state index is 0.206. The van der Waals surface area contributed by atoms with Gasteiger partial charge in [0.15, 0.2) is 0 Å². The highest BCUT2D eigenvalue weighted by Crippen LogP contribution is 2.26. The normalized spacial score (nSPS) is 10.6. The van der Waals surface area contributed by atoms with Crippen LogP contribution < -0.4 is 5.32 Å². The van der Waals surface area contributed by atoms with Crippen LogP contribution in [0.4, 0.5) is 4.39 Å². The second-order valence-corrected chi connectivity index (χ2v) is 4.60. The predicted octanol–water partition coefficient (Wildman–Crippen LogP) is 2.71. The Labute approximate surface area is 98.2 Å². The van der Waals surface area contributed by atoms with Crippen molar-refractivity contribution in [2.45, 2.75) is 6.42 Å². The maximum Gasteiger partial charge on any atom is 0.123 e. The molecule has 16 heavy (non-hydrogen) atoms. The fraction of sp³-hybridized carbons (Fsp3) is 0.250. The van der Waals surface area contributed by atoms with Crippen LogP contribution in [0.2, 0.25) is 0 Å². The Morgan fingerprint density at radius 2 is 2.31 bits per heavy atom. The molecular formula is C12H13FN2S. The molecule has 0 bridgehead atoms. The highest BCUT2D eigenvalue weighted by atomic mass is 32.1. The highest BCUT2D eigenvalue weighted by Gasteiger charge is 2.04. The minimum Gasteiger partial charge on any atom is -0.319 e. The molecule has 2 aromatic rings. The molecule has 4 heteroatoms. The summed E-state index contributed by atoms with van der Waals surface area (Å²) in [6.45, 7) is 0.913. The molecular weight excluding hydrogens is 223 g/mol. The lowest BCUT2D eigenvalue weighted by molar-refractivity contribution is 0.628. The van der Waals surface area contributed by atoms with Gasteiger partial charge in [-0.05, 0) is 24.7 Å². The Hall–Kier alpha value is -1.26. The average molecular weight is 236 g/mol. The maximum atomic E-state index is 13.0. The van der Waals surface area contributed by atoms with Gasteiger partial charge in [0, 0.05) is 19.2 Å².